The number of aromatic amines is 1. The first-order valence-corrected chi connectivity index (χ1v) is 8.43. The van der Waals surface area contributed by atoms with Gasteiger partial charge in [0.05, 0.1) is 0 Å². The summed E-state index contributed by atoms with van der Waals surface area (Å²) in [6.45, 7) is 4.33. The van der Waals surface area contributed by atoms with Crippen LogP contribution in [0.3, 0.4) is 0 Å². The molecule has 7 nitrogen and oxygen atoms in total. The average molecular weight is 342 g/mol. The van der Waals surface area contributed by atoms with E-state index < -0.39 is 0 Å². The molecule has 3 rings (SSSR count). The topological polar surface area (TPSA) is 78.4 Å². The van der Waals surface area contributed by atoms with E-state index in [0.29, 0.717) is 38.4 Å². The molecule has 1 saturated heterocycles. The minimum atomic E-state index is -0.0887. The van der Waals surface area contributed by atoms with Crippen LogP contribution in [0, 0.1) is 6.92 Å². The molecule has 1 fully saturated rings. The molecule has 132 valence electrons. The van der Waals surface area contributed by atoms with E-state index >= 15 is 0 Å². The zero-order valence-corrected chi connectivity index (χ0v) is 14.3. The van der Waals surface area contributed by atoms with E-state index in [2.05, 4.69) is 4.98 Å². The number of carbonyl (C=O) groups excluding carboxylic acids is 2. The molecule has 2 aromatic rings. The fourth-order valence-corrected chi connectivity index (χ4v) is 3.07. The van der Waals surface area contributed by atoms with Crippen LogP contribution in [0.5, 0.6) is 0 Å². The van der Waals surface area contributed by atoms with Crippen molar-refractivity contribution in [2.75, 3.05) is 26.2 Å². The smallest absolute Gasteiger partial charge is 0.270 e. The van der Waals surface area contributed by atoms with Crippen molar-refractivity contribution in [1.82, 2.24) is 19.4 Å². The van der Waals surface area contributed by atoms with Crippen LogP contribution < -0.4 is 5.56 Å². The van der Waals surface area contributed by atoms with Crippen LogP contribution in [0.15, 0.2) is 41.3 Å². The van der Waals surface area contributed by atoms with Crippen LogP contribution in [0.25, 0.3) is 0 Å². The normalized spacial score (nSPS) is 14.6. The van der Waals surface area contributed by atoms with Crippen LogP contribution in [0.2, 0.25) is 0 Å². The number of hydrogen-bond acceptors (Lipinski definition) is 3. The molecule has 25 heavy (non-hydrogen) atoms. The first kappa shape index (κ1) is 17.0. The highest BCUT2D eigenvalue weighted by molar-refractivity contribution is 5.92. The van der Waals surface area contributed by atoms with Crippen LogP contribution in [-0.4, -0.2) is 57.3 Å². The minimum Gasteiger partial charge on any atom is -0.357 e. The minimum absolute atomic E-state index is 0.0159. The second kappa shape index (κ2) is 7.38. The maximum atomic E-state index is 12.4. The summed E-state index contributed by atoms with van der Waals surface area (Å²) in [6, 6.07) is 8.62. The van der Waals surface area contributed by atoms with Crippen LogP contribution in [-0.2, 0) is 11.3 Å². The molecule has 1 aliphatic heterocycles. The predicted octanol–water partition coefficient (Wildman–Crippen LogP) is 0.860. The highest BCUT2D eigenvalue weighted by Crippen LogP contribution is 2.09. The van der Waals surface area contributed by atoms with E-state index in [4.69, 9.17) is 0 Å². The van der Waals surface area contributed by atoms with E-state index in [-0.39, 0.29) is 23.8 Å². The molecule has 0 saturated carbocycles. The van der Waals surface area contributed by atoms with Crippen molar-refractivity contribution < 1.29 is 9.59 Å². The van der Waals surface area contributed by atoms with E-state index in [0.717, 1.165) is 5.69 Å². The van der Waals surface area contributed by atoms with E-state index in [9.17, 15) is 14.4 Å². The third-order valence-electron chi connectivity index (χ3n) is 4.57. The lowest BCUT2D eigenvalue weighted by Crippen LogP contribution is -2.50. The van der Waals surface area contributed by atoms with Crippen molar-refractivity contribution in [2.24, 2.45) is 0 Å². The van der Waals surface area contributed by atoms with Crippen LogP contribution >= 0.6 is 0 Å². The molecule has 3 heterocycles. The molecular formula is C18H22N4O3. The fraction of sp³-hybridized carbons (Fsp3) is 0.389. The van der Waals surface area contributed by atoms with Gasteiger partial charge >= 0.3 is 0 Å². The first-order valence-electron chi connectivity index (χ1n) is 8.43. The number of carbonyl (C=O) groups is 2. The Morgan fingerprint density at radius 1 is 1.04 bits per heavy atom. The van der Waals surface area contributed by atoms with Crippen molar-refractivity contribution in [3.63, 3.8) is 0 Å². The Morgan fingerprint density at radius 2 is 1.76 bits per heavy atom. The molecule has 2 amide bonds. The number of hydrogen-bond donors (Lipinski definition) is 1. The largest absolute Gasteiger partial charge is 0.357 e. The quantitative estimate of drug-likeness (QED) is 0.895. The van der Waals surface area contributed by atoms with Crippen LogP contribution in [0.1, 0.15) is 22.6 Å². The molecule has 1 aliphatic rings. The molecule has 7 heteroatoms. The summed E-state index contributed by atoms with van der Waals surface area (Å²) in [5, 5.41) is 0. The van der Waals surface area contributed by atoms with E-state index in [1.165, 1.54) is 6.07 Å². The lowest BCUT2D eigenvalue weighted by atomic mass is 10.2. The molecule has 0 aromatic carbocycles. The number of piperazine rings is 1. The standard InChI is InChI=1S/C18H22N4O3/c1-14-4-2-6-17(24)22(14)9-7-16(23)20-10-12-21(13-11-20)18(25)15-5-3-8-19-15/h2-6,8,19H,7,9-13H2,1H3. The Hall–Kier alpha value is -2.83. The van der Waals surface area contributed by atoms with E-state index in [1.54, 1.807) is 38.8 Å². The number of nitrogens with zero attached hydrogens (tertiary/aromatic N) is 3. The first-order chi connectivity index (χ1) is 12.1. The van der Waals surface area contributed by atoms with E-state index in [1.807, 2.05) is 13.0 Å². The van der Waals surface area contributed by atoms with Gasteiger partial charge in [0.15, 0.2) is 0 Å². The summed E-state index contributed by atoms with van der Waals surface area (Å²) >= 11 is 0. The number of aryl methyl sites for hydroxylation is 1. The lowest BCUT2D eigenvalue weighted by Gasteiger charge is -2.34. The summed E-state index contributed by atoms with van der Waals surface area (Å²) < 4.78 is 1.61. The molecule has 0 bridgehead atoms. The Bertz CT molecular complexity index is 802. The molecule has 2 aromatic heterocycles. The number of H-pyrrole nitrogens is 1. The van der Waals surface area contributed by atoms with Gasteiger partial charge < -0.3 is 19.4 Å². The van der Waals surface area contributed by atoms with Crippen LogP contribution in [0.4, 0.5) is 0 Å². The van der Waals surface area contributed by atoms with Crippen molar-refractivity contribution in [1.29, 1.82) is 0 Å². The van der Waals surface area contributed by atoms with Gasteiger partial charge in [0.1, 0.15) is 5.69 Å². The Balaban J connectivity index is 1.52. The molecule has 0 spiro atoms. The van der Waals surface area contributed by atoms with Gasteiger partial charge in [-0.1, -0.05) is 6.07 Å². The maximum Gasteiger partial charge on any atom is 0.270 e. The molecular weight excluding hydrogens is 320 g/mol. The molecule has 0 radical (unpaired) electrons. The monoisotopic (exact) mass is 342 g/mol. The molecule has 0 unspecified atom stereocenters. The summed E-state index contributed by atoms with van der Waals surface area (Å²) in [5.41, 5.74) is 1.33. The van der Waals surface area contributed by atoms with Gasteiger partial charge in [-0.3, -0.25) is 14.4 Å². The van der Waals surface area contributed by atoms with Gasteiger partial charge in [-0.2, -0.15) is 0 Å². The zero-order valence-electron chi connectivity index (χ0n) is 14.3. The lowest BCUT2D eigenvalue weighted by molar-refractivity contribution is -0.132. The summed E-state index contributed by atoms with van der Waals surface area (Å²) in [7, 11) is 0. The highest BCUT2D eigenvalue weighted by atomic mass is 16.2. The van der Waals surface area contributed by atoms with Gasteiger partial charge in [-0.25, -0.2) is 0 Å². The second-order valence-electron chi connectivity index (χ2n) is 6.16. The maximum absolute atomic E-state index is 12.4. The third-order valence-corrected chi connectivity index (χ3v) is 4.57. The Labute approximate surface area is 145 Å². The number of rotatable bonds is 4. The van der Waals surface area contributed by atoms with Crippen molar-refractivity contribution in [3.8, 4) is 0 Å². The predicted molar refractivity (Wildman–Crippen MR) is 93.3 cm³/mol. The van der Waals surface area contributed by atoms with Gasteiger partial charge in [0.2, 0.25) is 5.91 Å². The summed E-state index contributed by atoms with van der Waals surface area (Å²) in [5.74, 6) is -0.0225. The van der Waals surface area contributed by atoms with Crippen molar-refractivity contribution >= 4 is 11.8 Å². The van der Waals surface area contributed by atoms with Crippen molar-refractivity contribution in [3.05, 3.63) is 58.3 Å². The average Bonchev–Trinajstić information content (AvgIpc) is 3.15. The molecule has 1 N–H and O–H groups in total. The van der Waals surface area contributed by atoms with Gasteiger partial charge in [0, 0.05) is 57.1 Å². The molecule has 0 aliphatic carbocycles. The number of aromatic nitrogens is 2. The molecule has 0 atom stereocenters. The van der Waals surface area contributed by atoms with Gasteiger partial charge in [-0.15, -0.1) is 0 Å². The second-order valence-corrected chi connectivity index (χ2v) is 6.16. The Kier molecular flexibility index (Phi) is 5.02. The zero-order chi connectivity index (χ0) is 17.8. The summed E-state index contributed by atoms with van der Waals surface area (Å²) in [4.78, 5) is 43.0. The summed E-state index contributed by atoms with van der Waals surface area (Å²) in [6.07, 6.45) is 2.01. The SMILES string of the molecule is Cc1cccc(=O)n1CCC(=O)N1CCN(C(=O)c2ccc[nH]2)CC1. The fourth-order valence-electron chi connectivity index (χ4n) is 3.07. The third kappa shape index (κ3) is 3.81. The number of pyridine rings is 1. The van der Waals surface area contributed by atoms with Gasteiger partial charge in [-0.05, 0) is 25.1 Å². The number of nitrogens with one attached hydrogen (secondary N) is 1. The van der Waals surface area contributed by atoms with Crippen molar-refractivity contribution in [2.45, 2.75) is 19.9 Å². The highest BCUT2D eigenvalue weighted by Gasteiger charge is 2.25. The Morgan fingerprint density at radius 3 is 2.40 bits per heavy atom. The van der Waals surface area contributed by atoms with Gasteiger partial charge in [0.25, 0.3) is 11.5 Å². The number of amides is 2.